The second-order valence-electron chi connectivity index (χ2n) is 14.4. The van der Waals surface area contributed by atoms with Gasteiger partial charge >= 0.3 is 6.18 Å². The van der Waals surface area contributed by atoms with Crippen LogP contribution in [-0.2, 0) is 12.8 Å². The van der Waals surface area contributed by atoms with Crippen molar-refractivity contribution in [3.8, 4) is 0 Å². The molecule has 1 aliphatic carbocycles. The number of nitrogens with one attached hydrogen (secondary N) is 1. The van der Waals surface area contributed by atoms with Gasteiger partial charge in [0.05, 0.1) is 25.2 Å². The lowest BCUT2D eigenvalue weighted by Gasteiger charge is -2.46. The first-order valence-electron chi connectivity index (χ1n) is 16.3. The van der Waals surface area contributed by atoms with Crippen LogP contribution in [0.25, 0.3) is 10.3 Å². The molecular weight excluding hydrogens is 631 g/mol. The molecule has 1 aromatic carbocycles. The molecule has 6 rings (SSSR count). The van der Waals surface area contributed by atoms with Crippen LogP contribution in [0.5, 0.6) is 0 Å². The minimum atomic E-state index is -4.82. The first kappa shape index (κ1) is 33.8. The van der Waals surface area contributed by atoms with Crippen molar-refractivity contribution in [3.63, 3.8) is 0 Å². The summed E-state index contributed by atoms with van der Waals surface area (Å²) in [6, 6.07) is 8.08. The number of likely N-dealkylation sites (tertiary alicyclic amines) is 2. The van der Waals surface area contributed by atoms with Gasteiger partial charge in [-0.05, 0) is 79.2 Å². The van der Waals surface area contributed by atoms with E-state index in [0.717, 1.165) is 42.9 Å². The van der Waals surface area contributed by atoms with Crippen LogP contribution in [0.2, 0.25) is 0 Å². The van der Waals surface area contributed by atoms with Crippen LogP contribution in [0.3, 0.4) is 0 Å². The molecule has 0 bridgehead atoms. The molecule has 2 aromatic heterocycles. The summed E-state index contributed by atoms with van der Waals surface area (Å²) in [5.41, 5.74) is 1.03. The number of β-amino-alcohol motifs (C(OH)–C–C–N with tert-alkyl or cyclic N) is 1. The third kappa shape index (κ3) is 7.18. The van der Waals surface area contributed by atoms with Crippen LogP contribution >= 0.6 is 11.3 Å². The minimum Gasteiger partial charge on any atom is -0.393 e. The van der Waals surface area contributed by atoms with Crippen LogP contribution in [0.4, 0.5) is 13.2 Å². The van der Waals surface area contributed by atoms with E-state index in [9.17, 15) is 33.0 Å². The molecule has 0 saturated carbocycles. The number of amides is 2. The quantitative estimate of drug-likeness (QED) is 0.326. The molecule has 2 amide bonds. The van der Waals surface area contributed by atoms with Gasteiger partial charge in [-0.3, -0.25) is 9.59 Å². The van der Waals surface area contributed by atoms with E-state index >= 15 is 0 Å². The Morgan fingerprint density at radius 2 is 1.83 bits per heavy atom. The highest BCUT2D eigenvalue weighted by atomic mass is 32.1. The fraction of sp³-hybridized carbons (Fsp3) is 0.588. The van der Waals surface area contributed by atoms with E-state index in [-0.39, 0.29) is 28.0 Å². The Kier molecular flexibility index (Phi) is 9.14. The molecule has 3 N–H and O–H groups in total. The number of fused-ring (bicyclic) bond motifs is 2. The van der Waals surface area contributed by atoms with E-state index in [1.54, 1.807) is 18.2 Å². The molecule has 2 atom stereocenters. The Morgan fingerprint density at radius 3 is 2.51 bits per heavy atom. The van der Waals surface area contributed by atoms with E-state index in [0.29, 0.717) is 47.6 Å². The van der Waals surface area contributed by atoms with Crippen molar-refractivity contribution < 1.29 is 33.0 Å². The maximum Gasteiger partial charge on any atom is 0.420 e. The van der Waals surface area contributed by atoms with Gasteiger partial charge in [0, 0.05) is 30.9 Å². The van der Waals surface area contributed by atoms with Crippen molar-refractivity contribution in [3.05, 3.63) is 57.7 Å². The second-order valence-corrected chi connectivity index (χ2v) is 15.4. The minimum absolute atomic E-state index is 0.176. The Morgan fingerprint density at radius 1 is 1.11 bits per heavy atom. The number of nitrogens with zero attached hydrogens (tertiary/aromatic N) is 4. The number of hydrogen-bond acceptors (Lipinski definition) is 8. The van der Waals surface area contributed by atoms with Crippen LogP contribution < -0.4 is 5.32 Å². The van der Waals surface area contributed by atoms with Crippen LogP contribution in [0.15, 0.2) is 30.3 Å². The highest BCUT2D eigenvalue weighted by Crippen LogP contribution is 2.39. The topological polar surface area (TPSA) is 119 Å². The van der Waals surface area contributed by atoms with Gasteiger partial charge in [0.2, 0.25) is 0 Å². The lowest BCUT2D eigenvalue weighted by Crippen LogP contribution is -2.70. The first-order chi connectivity index (χ1) is 22.1. The number of halogens is 3. The van der Waals surface area contributed by atoms with Gasteiger partial charge in [-0.15, -0.1) is 0 Å². The van der Waals surface area contributed by atoms with Gasteiger partial charge in [-0.1, -0.05) is 44.2 Å². The van der Waals surface area contributed by atoms with Gasteiger partial charge in [-0.25, -0.2) is 9.97 Å². The molecule has 2 aliphatic heterocycles. The van der Waals surface area contributed by atoms with Crippen molar-refractivity contribution in [1.29, 1.82) is 0 Å². The number of carbonyl (C=O) groups is 2. The normalized spacial score (nSPS) is 21.3. The van der Waals surface area contributed by atoms with Crippen molar-refractivity contribution in [2.45, 2.75) is 83.2 Å². The molecule has 4 heterocycles. The lowest BCUT2D eigenvalue weighted by atomic mass is 9.71. The Balaban J connectivity index is 1.21. The zero-order valence-electron chi connectivity index (χ0n) is 26.9. The number of aliphatic hydroxyl groups is 2. The predicted octanol–water partition coefficient (Wildman–Crippen LogP) is 4.91. The number of hydrogen-bond donors (Lipinski definition) is 3. The smallest absolute Gasteiger partial charge is 0.393 e. The van der Waals surface area contributed by atoms with Crippen molar-refractivity contribution >= 4 is 33.5 Å². The molecule has 9 nitrogen and oxygen atoms in total. The molecule has 2 fully saturated rings. The first-order valence-corrected chi connectivity index (χ1v) is 17.1. The maximum absolute atomic E-state index is 13.7. The van der Waals surface area contributed by atoms with Gasteiger partial charge in [0.25, 0.3) is 11.8 Å². The standard InChI is InChI=1S/C34H42F3N5O4S/c1-32(2,3)23-7-8-25-22(16-23)17-27-29(39-25)47-30(40-27)28(44)38-26(11-14-41-12-9-24(43)10-13-41)20-5-4-6-21(15-20)31(45)42-18-33(46,19-42)34(35,36)37/h4-6,15,17,23-24,26,43,46H,7-14,16,18-19H2,1-3H3,(H,38,44)/t23-,26?/m0/s1. The summed E-state index contributed by atoms with van der Waals surface area (Å²) in [6.07, 6.45) is -0.415. The molecular formula is C34H42F3N5O4S. The highest BCUT2D eigenvalue weighted by molar-refractivity contribution is 7.19. The Labute approximate surface area is 276 Å². The van der Waals surface area contributed by atoms with Gasteiger partial charge in [-0.2, -0.15) is 13.2 Å². The summed E-state index contributed by atoms with van der Waals surface area (Å²) in [5.74, 6) is -0.447. The number of alkyl halides is 3. The number of rotatable bonds is 7. The lowest BCUT2D eigenvalue weighted by molar-refractivity contribution is -0.294. The summed E-state index contributed by atoms with van der Waals surface area (Å²) >= 11 is 1.24. The fourth-order valence-electron chi connectivity index (χ4n) is 6.82. The van der Waals surface area contributed by atoms with E-state index < -0.39 is 36.8 Å². The average molecular weight is 674 g/mol. The molecule has 0 radical (unpaired) electrons. The fourth-order valence-corrected chi connectivity index (χ4v) is 7.67. The molecule has 13 heteroatoms. The Hall–Kier alpha value is -3.13. The van der Waals surface area contributed by atoms with Crippen LogP contribution in [0, 0.1) is 11.3 Å². The predicted molar refractivity (Wildman–Crippen MR) is 172 cm³/mol. The molecule has 47 heavy (non-hydrogen) atoms. The van der Waals surface area contributed by atoms with E-state index in [1.807, 2.05) is 0 Å². The van der Waals surface area contributed by atoms with Crippen molar-refractivity contribution in [1.82, 2.24) is 25.1 Å². The monoisotopic (exact) mass is 673 g/mol. The number of aryl methyl sites for hydroxylation is 1. The summed E-state index contributed by atoms with van der Waals surface area (Å²) in [6.45, 7) is 7.20. The van der Waals surface area contributed by atoms with E-state index in [4.69, 9.17) is 4.98 Å². The van der Waals surface area contributed by atoms with Gasteiger partial charge < -0.3 is 25.3 Å². The van der Waals surface area contributed by atoms with E-state index in [2.05, 4.69) is 42.0 Å². The summed E-state index contributed by atoms with van der Waals surface area (Å²) in [7, 11) is 0. The van der Waals surface area contributed by atoms with Gasteiger partial charge in [0.15, 0.2) is 10.6 Å². The van der Waals surface area contributed by atoms with Crippen molar-refractivity contribution in [2.24, 2.45) is 11.3 Å². The number of piperidine rings is 1. The molecule has 2 saturated heterocycles. The van der Waals surface area contributed by atoms with Gasteiger partial charge in [0.1, 0.15) is 10.3 Å². The largest absolute Gasteiger partial charge is 0.420 e. The number of pyridine rings is 1. The third-order valence-electron chi connectivity index (χ3n) is 10.0. The Bertz CT molecular complexity index is 1640. The SMILES string of the molecule is CC(C)(C)[C@H]1CCc2nc3sc(C(=O)NC(CCN4CCC(O)CC4)c4cccc(C(=O)N5CC(O)(C(F)(F)F)C5)c4)nc3cc2C1. The van der Waals surface area contributed by atoms with Crippen molar-refractivity contribution in [2.75, 3.05) is 32.7 Å². The second kappa shape index (κ2) is 12.7. The number of thiazole rings is 1. The van der Waals surface area contributed by atoms with Crippen LogP contribution in [-0.4, -0.2) is 92.4 Å². The molecule has 0 spiro atoms. The molecule has 3 aliphatic rings. The number of carbonyl (C=O) groups excluding carboxylic acids is 2. The summed E-state index contributed by atoms with van der Waals surface area (Å²) in [4.78, 5) is 40.2. The average Bonchev–Trinajstić information content (AvgIpc) is 3.42. The maximum atomic E-state index is 13.7. The molecule has 3 aromatic rings. The number of aliphatic hydroxyl groups excluding tert-OH is 1. The summed E-state index contributed by atoms with van der Waals surface area (Å²) in [5, 5.41) is 23.1. The summed E-state index contributed by atoms with van der Waals surface area (Å²) < 4.78 is 39.5. The highest BCUT2D eigenvalue weighted by Gasteiger charge is 2.62. The number of benzene rings is 1. The third-order valence-corrected chi connectivity index (χ3v) is 11.0. The molecule has 254 valence electrons. The molecule has 1 unspecified atom stereocenters. The zero-order valence-corrected chi connectivity index (χ0v) is 27.8. The number of aromatic nitrogens is 2. The zero-order chi connectivity index (χ0) is 33.7. The van der Waals surface area contributed by atoms with Crippen LogP contribution in [0.1, 0.15) is 89.5 Å². The van der Waals surface area contributed by atoms with E-state index in [1.165, 1.54) is 23.0 Å².